The van der Waals surface area contributed by atoms with Crippen LogP contribution in [0.5, 0.6) is 5.75 Å². The molecule has 0 radical (unpaired) electrons. The molecule has 0 saturated carbocycles. The molecule has 110 valence electrons. The second-order valence-electron chi connectivity index (χ2n) is 4.32. The van der Waals surface area contributed by atoms with E-state index in [1.54, 1.807) is 31.3 Å². The van der Waals surface area contributed by atoms with Gasteiger partial charge in [0.1, 0.15) is 17.3 Å². The Labute approximate surface area is 122 Å². The number of aryl methyl sites for hydroxylation is 1. The summed E-state index contributed by atoms with van der Waals surface area (Å²) in [5, 5.41) is 14.1. The van der Waals surface area contributed by atoms with Crippen LogP contribution in [0.3, 0.4) is 0 Å². The van der Waals surface area contributed by atoms with Crippen LogP contribution in [0.1, 0.15) is 18.4 Å². The van der Waals surface area contributed by atoms with Crippen molar-refractivity contribution in [1.29, 1.82) is 0 Å². The highest BCUT2D eigenvalue weighted by Crippen LogP contribution is 2.29. The van der Waals surface area contributed by atoms with Crippen molar-refractivity contribution in [2.45, 2.75) is 20.4 Å². The number of ether oxygens (including phenoxy) is 1. The topological polar surface area (TPSA) is 90.2 Å². The second-order valence-corrected chi connectivity index (χ2v) is 4.32. The molecule has 0 amide bonds. The minimum Gasteiger partial charge on any atom is -0.494 e. The zero-order chi connectivity index (χ0) is 15.2. The third-order valence-electron chi connectivity index (χ3n) is 2.77. The first-order chi connectivity index (χ1) is 10.1. The van der Waals surface area contributed by atoms with E-state index >= 15 is 0 Å². The lowest BCUT2D eigenvalue weighted by atomic mass is 10.2. The molecule has 0 atom stereocenters. The smallest absolute Gasteiger partial charge is 0.296 e. The molecule has 2 rings (SSSR count). The lowest BCUT2D eigenvalue weighted by molar-refractivity contribution is -0.384. The molecule has 0 fully saturated rings. The lowest BCUT2D eigenvalue weighted by Gasteiger charge is -2.09. The number of nitro groups is 1. The van der Waals surface area contributed by atoms with E-state index in [0.29, 0.717) is 30.4 Å². The van der Waals surface area contributed by atoms with Crippen molar-refractivity contribution in [3.63, 3.8) is 0 Å². The Morgan fingerprint density at radius 1 is 1.38 bits per heavy atom. The van der Waals surface area contributed by atoms with E-state index in [0.717, 1.165) is 5.69 Å². The molecule has 0 aliphatic heterocycles. The Morgan fingerprint density at radius 2 is 2.19 bits per heavy atom. The third-order valence-corrected chi connectivity index (χ3v) is 2.77. The van der Waals surface area contributed by atoms with Gasteiger partial charge in [0.05, 0.1) is 29.8 Å². The lowest BCUT2D eigenvalue weighted by Crippen LogP contribution is -2.05. The van der Waals surface area contributed by atoms with Crippen LogP contribution in [0.4, 0.5) is 11.4 Å². The maximum Gasteiger partial charge on any atom is 0.296 e. The van der Waals surface area contributed by atoms with Gasteiger partial charge in [0.15, 0.2) is 0 Å². The van der Waals surface area contributed by atoms with Gasteiger partial charge in [-0.05, 0) is 32.0 Å². The summed E-state index contributed by atoms with van der Waals surface area (Å²) in [7, 11) is 0. The number of aromatic nitrogens is 2. The van der Waals surface area contributed by atoms with Crippen molar-refractivity contribution >= 4 is 11.4 Å². The first kappa shape index (κ1) is 14.7. The number of nitrogens with zero attached hydrogens (tertiary/aromatic N) is 3. The summed E-state index contributed by atoms with van der Waals surface area (Å²) in [4.78, 5) is 18.9. The van der Waals surface area contributed by atoms with Gasteiger partial charge < -0.3 is 10.1 Å². The Bertz CT molecular complexity index is 646. The van der Waals surface area contributed by atoms with Gasteiger partial charge in [0.25, 0.3) is 5.69 Å². The summed E-state index contributed by atoms with van der Waals surface area (Å²) in [6, 6.07) is 6.51. The van der Waals surface area contributed by atoms with Crippen LogP contribution < -0.4 is 10.1 Å². The maximum absolute atomic E-state index is 11.1. The first-order valence-corrected chi connectivity index (χ1v) is 6.53. The highest BCUT2D eigenvalue weighted by molar-refractivity contribution is 5.63. The fourth-order valence-electron chi connectivity index (χ4n) is 1.86. The molecule has 7 nitrogen and oxygen atoms in total. The molecule has 1 aromatic heterocycles. The summed E-state index contributed by atoms with van der Waals surface area (Å²) in [6.07, 6.45) is 1.66. The van der Waals surface area contributed by atoms with Crippen LogP contribution in [-0.2, 0) is 6.54 Å². The van der Waals surface area contributed by atoms with E-state index in [2.05, 4.69) is 15.3 Å². The number of benzene rings is 1. The summed E-state index contributed by atoms with van der Waals surface area (Å²) < 4.78 is 5.28. The van der Waals surface area contributed by atoms with Crippen molar-refractivity contribution < 1.29 is 9.66 Å². The van der Waals surface area contributed by atoms with Gasteiger partial charge >= 0.3 is 0 Å². The van der Waals surface area contributed by atoms with Gasteiger partial charge in [-0.3, -0.25) is 10.1 Å². The molecule has 0 unspecified atom stereocenters. The first-order valence-electron chi connectivity index (χ1n) is 6.53. The summed E-state index contributed by atoms with van der Waals surface area (Å²) in [5.74, 6) is 1.14. The average Bonchev–Trinajstić information content (AvgIpc) is 2.46. The molecule has 0 aliphatic rings. The van der Waals surface area contributed by atoms with Gasteiger partial charge in [-0.1, -0.05) is 0 Å². The predicted molar refractivity (Wildman–Crippen MR) is 78.4 cm³/mol. The van der Waals surface area contributed by atoms with E-state index in [1.807, 2.05) is 6.92 Å². The Balaban J connectivity index is 2.17. The minimum absolute atomic E-state index is 0.0215. The molecule has 0 spiro atoms. The number of hydrogen-bond acceptors (Lipinski definition) is 6. The zero-order valence-electron chi connectivity index (χ0n) is 11.9. The molecular weight excluding hydrogens is 272 g/mol. The van der Waals surface area contributed by atoms with E-state index < -0.39 is 4.92 Å². The number of nitrogens with one attached hydrogen (secondary N) is 1. The third kappa shape index (κ3) is 3.88. The van der Waals surface area contributed by atoms with Gasteiger partial charge in [0.2, 0.25) is 0 Å². The van der Waals surface area contributed by atoms with E-state index in [9.17, 15) is 10.1 Å². The molecule has 2 aromatic rings. The van der Waals surface area contributed by atoms with Crippen molar-refractivity contribution in [2.24, 2.45) is 0 Å². The Kier molecular flexibility index (Phi) is 4.65. The second kappa shape index (κ2) is 6.65. The number of nitro benzene ring substituents is 1. The maximum atomic E-state index is 11.1. The monoisotopic (exact) mass is 288 g/mol. The summed E-state index contributed by atoms with van der Waals surface area (Å²) in [5.41, 5.74) is 1.18. The van der Waals surface area contributed by atoms with Crippen LogP contribution in [0, 0.1) is 17.0 Å². The van der Waals surface area contributed by atoms with E-state index in [-0.39, 0.29) is 5.69 Å². The molecule has 1 heterocycles. The quantitative estimate of drug-likeness (QED) is 0.649. The minimum atomic E-state index is -0.434. The number of anilines is 1. The highest BCUT2D eigenvalue weighted by Gasteiger charge is 2.15. The Hall–Kier alpha value is -2.70. The molecule has 21 heavy (non-hydrogen) atoms. The molecular formula is C14H16N4O3. The molecule has 7 heteroatoms. The largest absolute Gasteiger partial charge is 0.494 e. The molecule has 0 bridgehead atoms. The van der Waals surface area contributed by atoms with Crippen LogP contribution in [0.15, 0.2) is 30.5 Å². The molecule has 1 N–H and O–H groups in total. The van der Waals surface area contributed by atoms with Gasteiger partial charge in [-0.25, -0.2) is 9.97 Å². The van der Waals surface area contributed by atoms with Crippen molar-refractivity contribution in [3.05, 3.63) is 52.1 Å². The SMILES string of the molecule is CCOc1ccc(NCc2ccnc(C)n2)c([N+](=O)[O-])c1. The van der Waals surface area contributed by atoms with Crippen LogP contribution in [0.2, 0.25) is 0 Å². The standard InChI is InChI=1S/C14H16N4O3/c1-3-21-12-4-5-13(14(8-12)18(19)20)16-9-11-6-7-15-10(2)17-11/h4-8,16H,3,9H2,1-2H3. The van der Waals surface area contributed by atoms with Crippen molar-refractivity contribution in [1.82, 2.24) is 9.97 Å². The van der Waals surface area contributed by atoms with E-state index in [1.165, 1.54) is 6.07 Å². The number of hydrogen-bond donors (Lipinski definition) is 1. The van der Waals surface area contributed by atoms with Crippen molar-refractivity contribution in [3.8, 4) is 5.75 Å². The number of rotatable bonds is 6. The zero-order valence-corrected chi connectivity index (χ0v) is 11.9. The van der Waals surface area contributed by atoms with Crippen molar-refractivity contribution in [2.75, 3.05) is 11.9 Å². The van der Waals surface area contributed by atoms with Gasteiger partial charge in [0, 0.05) is 6.20 Å². The Morgan fingerprint density at radius 3 is 2.86 bits per heavy atom. The predicted octanol–water partition coefficient (Wildman–Crippen LogP) is 2.70. The van der Waals surface area contributed by atoms with Crippen LogP contribution in [0.25, 0.3) is 0 Å². The summed E-state index contributed by atoms with van der Waals surface area (Å²) in [6.45, 7) is 4.47. The fourth-order valence-corrected chi connectivity index (χ4v) is 1.86. The molecule has 0 aliphatic carbocycles. The van der Waals surface area contributed by atoms with Crippen LogP contribution >= 0.6 is 0 Å². The van der Waals surface area contributed by atoms with Gasteiger partial charge in [-0.2, -0.15) is 0 Å². The fraction of sp³-hybridized carbons (Fsp3) is 0.286. The van der Waals surface area contributed by atoms with Gasteiger partial charge in [-0.15, -0.1) is 0 Å². The van der Waals surface area contributed by atoms with Crippen LogP contribution in [-0.4, -0.2) is 21.5 Å². The molecule has 0 saturated heterocycles. The normalized spacial score (nSPS) is 10.2. The molecule has 1 aromatic carbocycles. The average molecular weight is 288 g/mol. The van der Waals surface area contributed by atoms with E-state index in [4.69, 9.17) is 4.74 Å². The summed E-state index contributed by atoms with van der Waals surface area (Å²) >= 11 is 0. The highest BCUT2D eigenvalue weighted by atomic mass is 16.6.